The lowest BCUT2D eigenvalue weighted by Crippen LogP contribution is -2.04. The van der Waals surface area contributed by atoms with Crippen LogP contribution in [0.3, 0.4) is 0 Å². The minimum Gasteiger partial charge on any atom is -0.467 e. The van der Waals surface area contributed by atoms with Gasteiger partial charge in [0.05, 0.1) is 12.8 Å². The van der Waals surface area contributed by atoms with Gasteiger partial charge in [0.25, 0.3) is 0 Å². The van der Waals surface area contributed by atoms with E-state index in [-0.39, 0.29) is 0 Å². The molecule has 0 radical (unpaired) electrons. The van der Waals surface area contributed by atoms with Crippen molar-refractivity contribution >= 4 is 0 Å². The number of furan rings is 1. The third kappa shape index (κ3) is 2.65. The van der Waals surface area contributed by atoms with Crippen LogP contribution in [-0.4, -0.2) is 7.05 Å². The fraction of sp³-hybridized carbons (Fsp3) is 0.375. The monoisotopic (exact) mass is 243 g/mol. The van der Waals surface area contributed by atoms with Crippen LogP contribution in [0.15, 0.2) is 41.0 Å². The Kier molecular flexibility index (Phi) is 4.21. The van der Waals surface area contributed by atoms with Gasteiger partial charge < -0.3 is 9.73 Å². The fourth-order valence-corrected chi connectivity index (χ4v) is 2.12. The van der Waals surface area contributed by atoms with E-state index in [2.05, 4.69) is 43.4 Å². The molecule has 0 aliphatic rings. The molecule has 0 aliphatic carbocycles. The van der Waals surface area contributed by atoms with Crippen LogP contribution in [-0.2, 0) is 6.54 Å². The topological polar surface area (TPSA) is 25.2 Å². The van der Waals surface area contributed by atoms with Gasteiger partial charge in [0.1, 0.15) is 5.76 Å². The molecule has 2 rings (SSSR count). The minimum absolute atomic E-state index is 0.625. The molecular weight excluding hydrogens is 222 g/mol. The molecule has 18 heavy (non-hydrogen) atoms. The van der Waals surface area contributed by atoms with Crippen LogP contribution >= 0.6 is 0 Å². The molecule has 0 spiro atoms. The summed E-state index contributed by atoms with van der Waals surface area (Å²) in [7, 11) is 1.93. The molecule has 2 nitrogen and oxygen atoms in total. The second-order valence-corrected chi connectivity index (χ2v) is 4.72. The number of rotatable bonds is 5. The highest BCUT2D eigenvalue weighted by Crippen LogP contribution is 2.27. The molecule has 0 amide bonds. The quantitative estimate of drug-likeness (QED) is 0.852. The van der Waals surface area contributed by atoms with Crippen LogP contribution in [0.1, 0.15) is 37.5 Å². The third-order valence-corrected chi connectivity index (χ3v) is 3.49. The number of hydrogen-bond acceptors (Lipinski definition) is 2. The molecule has 2 aromatic rings. The standard InChI is InChI=1S/C16H21NO/c1-4-12(2)13-5-7-14(8-6-13)15-9-10-18-16(15)11-17-3/h5-10,12,17H,4,11H2,1-3H3. The van der Waals surface area contributed by atoms with Gasteiger partial charge in [0, 0.05) is 5.56 Å². The Morgan fingerprint density at radius 1 is 1.17 bits per heavy atom. The van der Waals surface area contributed by atoms with Crippen molar-refractivity contribution in [1.29, 1.82) is 0 Å². The van der Waals surface area contributed by atoms with E-state index in [1.54, 1.807) is 6.26 Å². The zero-order valence-electron chi connectivity index (χ0n) is 11.4. The third-order valence-electron chi connectivity index (χ3n) is 3.49. The van der Waals surface area contributed by atoms with Gasteiger partial charge >= 0.3 is 0 Å². The smallest absolute Gasteiger partial charge is 0.125 e. The Morgan fingerprint density at radius 2 is 1.89 bits per heavy atom. The summed E-state index contributed by atoms with van der Waals surface area (Å²) in [5.74, 6) is 1.62. The highest BCUT2D eigenvalue weighted by Gasteiger charge is 2.09. The summed E-state index contributed by atoms with van der Waals surface area (Å²) in [6, 6.07) is 10.8. The number of hydrogen-bond donors (Lipinski definition) is 1. The maximum atomic E-state index is 5.50. The van der Waals surface area contributed by atoms with Gasteiger partial charge in [0.15, 0.2) is 0 Å². The van der Waals surface area contributed by atoms with E-state index in [0.29, 0.717) is 5.92 Å². The average molecular weight is 243 g/mol. The maximum Gasteiger partial charge on any atom is 0.125 e. The predicted octanol–water partition coefficient (Wildman–Crippen LogP) is 4.18. The van der Waals surface area contributed by atoms with Crippen molar-refractivity contribution in [2.75, 3.05) is 7.05 Å². The summed E-state index contributed by atoms with van der Waals surface area (Å²) in [5, 5.41) is 3.13. The van der Waals surface area contributed by atoms with E-state index in [1.165, 1.54) is 23.1 Å². The molecule has 1 N–H and O–H groups in total. The molecule has 1 atom stereocenters. The lowest BCUT2D eigenvalue weighted by molar-refractivity contribution is 0.497. The Labute approximate surface area is 109 Å². The first-order chi connectivity index (χ1) is 8.76. The van der Waals surface area contributed by atoms with Crippen molar-refractivity contribution in [3.63, 3.8) is 0 Å². The molecule has 96 valence electrons. The van der Waals surface area contributed by atoms with Gasteiger partial charge in [-0.2, -0.15) is 0 Å². The SMILES string of the molecule is CCC(C)c1ccc(-c2ccoc2CNC)cc1. The van der Waals surface area contributed by atoms with E-state index >= 15 is 0 Å². The maximum absolute atomic E-state index is 5.50. The van der Waals surface area contributed by atoms with Crippen LogP contribution in [0.4, 0.5) is 0 Å². The molecule has 0 bridgehead atoms. The molecule has 0 aliphatic heterocycles. The van der Waals surface area contributed by atoms with Crippen LogP contribution in [0.25, 0.3) is 11.1 Å². The predicted molar refractivity (Wildman–Crippen MR) is 75.6 cm³/mol. The average Bonchev–Trinajstić information content (AvgIpc) is 2.87. The van der Waals surface area contributed by atoms with Crippen molar-refractivity contribution in [3.8, 4) is 11.1 Å². The molecule has 2 heteroatoms. The first-order valence-corrected chi connectivity index (χ1v) is 6.57. The van der Waals surface area contributed by atoms with Crippen LogP contribution < -0.4 is 5.32 Å². The minimum atomic E-state index is 0.625. The highest BCUT2D eigenvalue weighted by molar-refractivity contribution is 5.65. The van der Waals surface area contributed by atoms with Crippen molar-refractivity contribution in [1.82, 2.24) is 5.32 Å². The Balaban J connectivity index is 2.26. The van der Waals surface area contributed by atoms with Crippen molar-refractivity contribution < 1.29 is 4.42 Å². The first-order valence-electron chi connectivity index (χ1n) is 6.57. The van der Waals surface area contributed by atoms with Crippen molar-refractivity contribution in [2.45, 2.75) is 32.7 Å². The summed E-state index contributed by atoms with van der Waals surface area (Å²) in [6.45, 7) is 5.24. The second kappa shape index (κ2) is 5.87. The van der Waals surface area contributed by atoms with Crippen LogP contribution in [0, 0.1) is 0 Å². The van der Waals surface area contributed by atoms with Crippen LogP contribution in [0.2, 0.25) is 0 Å². The number of nitrogens with one attached hydrogen (secondary N) is 1. The fourth-order valence-electron chi connectivity index (χ4n) is 2.12. The zero-order valence-corrected chi connectivity index (χ0v) is 11.4. The molecule has 1 unspecified atom stereocenters. The summed E-state index contributed by atoms with van der Waals surface area (Å²) in [4.78, 5) is 0. The molecule has 0 fully saturated rings. The lowest BCUT2D eigenvalue weighted by Gasteiger charge is -2.09. The zero-order chi connectivity index (χ0) is 13.0. The Hall–Kier alpha value is -1.54. The molecule has 1 heterocycles. The second-order valence-electron chi connectivity index (χ2n) is 4.72. The highest BCUT2D eigenvalue weighted by atomic mass is 16.3. The van der Waals surface area contributed by atoms with Gasteiger partial charge in [-0.1, -0.05) is 38.1 Å². The van der Waals surface area contributed by atoms with E-state index < -0.39 is 0 Å². The van der Waals surface area contributed by atoms with Gasteiger partial charge in [-0.05, 0) is 36.6 Å². The molecule has 1 aromatic heterocycles. The molecule has 1 aromatic carbocycles. The van der Waals surface area contributed by atoms with Crippen molar-refractivity contribution in [3.05, 3.63) is 47.9 Å². The Bertz CT molecular complexity index is 484. The van der Waals surface area contributed by atoms with Gasteiger partial charge in [-0.25, -0.2) is 0 Å². The summed E-state index contributed by atoms with van der Waals surface area (Å²) in [6.07, 6.45) is 2.93. The van der Waals surface area contributed by atoms with Gasteiger partial charge in [-0.3, -0.25) is 0 Å². The van der Waals surface area contributed by atoms with E-state index in [1.807, 2.05) is 13.1 Å². The lowest BCUT2D eigenvalue weighted by atomic mass is 9.96. The molecule has 0 saturated carbocycles. The molecular formula is C16H21NO. The van der Waals surface area contributed by atoms with Gasteiger partial charge in [-0.15, -0.1) is 0 Å². The summed E-state index contributed by atoms with van der Waals surface area (Å²) >= 11 is 0. The first kappa shape index (κ1) is 12.9. The van der Waals surface area contributed by atoms with E-state index in [4.69, 9.17) is 4.42 Å². The normalized spacial score (nSPS) is 12.6. The van der Waals surface area contributed by atoms with E-state index in [9.17, 15) is 0 Å². The van der Waals surface area contributed by atoms with Gasteiger partial charge in [0.2, 0.25) is 0 Å². The Morgan fingerprint density at radius 3 is 2.50 bits per heavy atom. The van der Waals surface area contributed by atoms with Crippen LogP contribution in [0.5, 0.6) is 0 Å². The summed E-state index contributed by atoms with van der Waals surface area (Å²) in [5.41, 5.74) is 3.81. The summed E-state index contributed by atoms with van der Waals surface area (Å²) < 4.78 is 5.50. The van der Waals surface area contributed by atoms with E-state index in [0.717, 1.165) is 12.3 Å². The largest absolute Gasteiger partial charge is 0.467 e. The van der Waals surface area contributed by atoms with Crippen molar-refractivity contribution in [2.24, 2.45) is 0 Å². The number of benzene rings is 1. The molecule has 0 saturated heterocycles.